The summed E-state index contributed by atoms with van der Waals surface area (Å²) in [7, 11) is -12.0. The number of carbonyl (C=O) groups excluding carboxylic acids is 2. The first-order chi connectivity index (χ1) is 28.0. The Balaban J connectivity index is 1.45. The Morgan fingerprint density at radius 3 is 1.42 bits per heavy atom. The summed E-state index contributed by atoms with van der Waals surface area (Å²) in [5.41, 5.74) is 5.66. The smallest absolute Gasteiger partial charge is 0.266 e. The zero-order chi connectivity index (χ0) is 42.7. The maximum absolute atomic E-state index is 15.3. The molecule has 8 nitrogen and oxygen atoms in total. The lowest BCUT2D eigenvalue weighted by molar-refractivity contribution is 0.106. The van der Waals surface area contributed by atoms with Crippen molar-refractivity contribution in [1.29, 1.82) is 0 Å². The molecule has 1 unspecified atom stereocenters. The van der Waals surface area contributed by atoms with Gasteiger partial charge in [0.1, 0.15) is 0 Å². The molecular formula is C48H51NO7P2S. The number of hydrogen-bond donors (Lipinski definition) is 1. The number of carbonyl (C=O) groups is 2. The molecule has 1 N–H and O–H groups in total. The van der Waals surface area contributed by atoms with Gasteiger partial charge >= 0.3 is 0 Å². The number of hydrogen-bond acceptors (Lipinski definition) is 7. The van der Waals surface area contributed by atoms with Crippen LogP contribution in [0.4, 0.5) is 0 Å². The van der Waals surface area contributed by atoms with Gasteiger partial charge in [-0.1, -0.05) is 121 Å². The molecule has 0 fully saturated rings. The van der Waals surface area contributed by atoms with Crippen LogP contribution in [0.3, 0.4) is 0 Å². The largest absolute Gasteiger partial charge is 0.306 e. The van der Waals surface area contributed by atoms with Gasteiger partial charge in [-0.3, -0.25) is 19.0 Å². The van der Waals surface area contributed by atoms with Crippen molar-refractivity contribution < 1.29 is 31.7 Å². The van der Waals surface area contributed by atoms with Crippen LogP contribution in [0.25, 0.3) is 0 Å². The van der Waals surface area contributed by atoms with Crippen LogP contribution in [-0.2, 0) is 32.3 Å². The standard InChI is InChI=1S/C48H51NO7P2S/c1-33-29-35(3)45(47(50)57(52,39-19-11-7-12-20-39)40-21-13-8-14-22-40)37(5)43(33)31-49(27-28-59(54,55)56)32-44-34(2)30-36(4)46(38(44)6)48(51)58(53,41-23-15-9-16-24-41)42-25-17-10-18-26-42/h7-17,19-25,29-30H,18,26-28,31-32H2,1-6H3,(H,54,55,56). The van der Waals surface area contributed by atoms with Crippen LogP contribution in [0.15, 0.2) is 127 Å². The molecule has 0 spiro atoms. The summed E-state index contributed by atoms with van der Waals surface area (Å²) in [6, 6.07) is 30.3. The molecule has 306 valence electrons. The minimum atomic E-state index is -4.38. The predicted octanol–water partition coefficient (Wildman–Crippen LogP) is 9.64. The minimum Gasteiger partial charge on any atom is -0.306 e. The molecule has 0 radical (unpaired) electrons. The third kappa shape index (κ3) is 8.92. The summed E-state index contributed by atoms with van der Waals surface area (Å²) in [5, 5.41) is 1.93. The van der Waals surface area contributed by atoms with Crippen molar-refractivity contribution in [3.63, 3.8) is 0 Å². The molecule has 5 aromatic rings. The van der Waals surface area contributed by atoms with Crippen molar-refractivity contribution in [1.82, 2.24) is 4.90 Å². The minimum absolute atomic E-state index is 0.0703. The Hall–Kier alpha value is -4.75. The van der Waals surface area contributed by atoms with E-state index in [9.17, 15) is 22.6 Å². The topological polar surface area (TPSA) is 126 Å². The van der Waals surface area contributed by atoms with E-state index in [2.05, 4.69) is 0 Å². The van der Waals surface area contributed by atoms with E-state index >= 15 is 9.13 Å². The number of benzene rings is 5. The molecule has 5 aromatic carbocycles. The molecule has 1 aliphatic rings. The van der Waals surface area contributed by atoms with E-state index in [1.54, 1.807) is 78.9 Å². The van der Waals surface area contributed by atoms with Crippen LogP contribution < -0.4 is 15.9 Å². The molecule has 0 heterocycles. The highest BCUT2D eigenvalue weighted by atomic mass is 32.2. The van der Waals surface area contributed by atoms with Crippen molar-refractivity contribution in [3.8, 4) is 0 Å². The second-order valence-electron chi connectivity index (χ2n) is 15.4. The van der Waals surface area contributed by atoms with Crippen LogP contribution in [0.2, 0.25) is 0 Å². The van der Waals surface area contributed by atoms with Crippen LogP contribution >= 0.6 is 14.3 Å². The Kier molecular flexibility index (Phi) is 13.3. The van der Waals surface area contributed by atoms with Gasteiger partial charge in [-0.25, -0.2) is 0 Å². The van der Waals surface area contributed by atoms with Crippen molar-refractivity contribution >= 4 is 51.4 Å². The van der Waals surface area contributed by atoms with E-state index in [0.29, 0.717) is 67.5 Å². The van der Waals surface area contributed by atoms with E-state index in [4.69, 9.17) is 0 Å². The Morgan fingerprint density at radius 2 is 1.03 bits per heavy atom. The fourth-order valence-electron chi connectivity index (χ4n) is 8.38. The highest BCUT2D eigenvalue weighted by Gasteiger charge is 2.41. The summed E-state index contributed by atoms with van der Waals surface area (Å²) < 4.78 is 64.9. The van der Waals surface area contributed by atoms with Gasteiger partial charge in [-0.15, -0.1) is 0 Å². The van der Waals surface area contributed by atoms with Gasteiger partial charge in [0, 0.05) is 52.0 Å². The lowest BCUT2D eigenvalue weighted by Gasteiger charge is -2.29. The SMILES string of the molecule is Cc1cc(C)c(C(=O)P(=O)(C2=CC=CCC2)c2ccccc2)c(C)c1CN(CCS(=O)(=O)O)Cc1c(C)cc(C)c(C(=O)P(=O)(c2ccccc2)c2ccccc2)c1C. The first-order valence-electron chi connectivity index (χ1n) is 19.7. The molecule has 0 bridgehead atoms. The van der Waals surface area contributed by atoms with E-state index in [1.807, 2.05) is 88.9 Å². The monoisotopic (exact) mass is 847 g/mol. The average molecular weight is 848 g/mol. The highest BCUT2D eigenvalue weighted by Crippen LogP contribution is 2.58. The second kappa shape index (κ2) is 17.8. The number of nitrogens with zero attached hydrogens (tertiary/aromatic N) is 1. The fraction of sp³-hybridized carbons (Fsp3) is 0.250. The van der Waals surface area contributed by atoms with E-state index in [0.717, 1.165) is 22.3 Å². The fourth-order valence-corrected chi connectivity index (χ4v) is 14.3. The average Bonchev–Trinajstić information content (AvgIpc) is 3.22. The van der Waals surface area contributed by atoms with E-state index in [-0.39, 0.29) is 19.6 Å². The predicted molar refractivity (Wildman–Crippen MR) is 240 cm³/mol. The maximum Gasteiger partial charge on any atom is 0.266 e. The summed E-state index contributed by atoms with van der Waals surface area (Å²) in [6.45, 7) is 11.5. The number of allylic oxidation sites excluding steroid dienone is 4. The zero-order valence-electron chi connectivity index (χ0n) is 34.4. The van der Waals surface area contributed by atoms with Crippen molar-refractivity contribution in [3.05, 3.63) is 182 Å². The Bertz CT molecular complexity index is 2650. The van der Waals surface area contributed by atoms with Gasteiger partial charge in [0.15, 0.2) is 0 Å². The zero-order valence-corrected chi connectivity index (χ0v) is 37.0. The van der Waals surface area contributed by atoms with Gasteiger partial charge in [0.25, 0.3) is 10.1 Å². The summed E-state index contributed by atoms with van der Waals surface area (Å²) in [5.74, 6) is -0.555. The molecule has 1 aliphatic carbocycles. The van der Waals surface area contributed by atoms with Crippen LogP contribution in [0.1, 0.15) is 78.1 Å². The van der Waals surface area contributed by atoms with Crippen LogP contribution in [0.5, 0.6) is 0 Å². The first kappa shape index (κ1) is 43.8. The Morgan fingerprint density at radius 1 is 0.627 bits per heavy atom. The third-order valence-electron chi connectivity index (χ3n) is 11.4. The van der Waals surface area contributed by atoms with Crippen molar-refractivity contribution in [2.24, 2.45) is 0 Å². The second-order valence-corrected chi connectivity index (χ2v) is 22.4. The molecule has 0 saturated heterocycles. The number of rotatable bonds is 15. The summed E-state index contributed by atoms with van der Waals surface area (Å²) in [4.78, 5) is 31.7. The van der Waals surface area contributed by atoms with Gasteiger partial charge in [0.2, 0.25) is 25.3 Å². The molecule has 0 aliphatic heterocycles. The molecule has 6 rings (SSSR count). The van der Waals surface area contributed by atoms with Gasteiger partial charge in [0.05, 0.1) is 5.75 Å². The first-order valence-corrected chi connectivity index (χ1v) is 24.7. The molecule has 1 atom stereocenters. The third-order valence-corrected chi connectivity index (χ3v) is 18.0. The molecular weight excluding hydrogens is 797 g/mol. The highest BCUT2D eigenvalue weighted by molar-refractivity contribution is 7.93. The number of aryl methyl sites for hydroxylation is 4. The van der Waals surface area contributed by atoms with Crippen LogP contribution in [0, 0.1) is 41.5 Å². The van der Waals surface area contributed by atoms with Gasteiger partial charge in [-0.2, -0.15) is 8.42 Å². The molecule has 0 aromatic heterocycles. The van der Waals surface area contributed by atoms with Crippen molar-refractivity contribution in [2.75, 3.05) is 12.3 Å². The van der Waals surface area contributed by atoms with E-state index in [1.165, 1.54) is 0 Å². The summed E-state index contributed by atoms with van der Waals surface area (Å²) >= 11 is 0. The van der Waals surface area contributed by atoms with Crippen molar-refractivity contribution in [2.45, 2.75) is 67.5 Å². The van der Waals surface area contributed by atoms with Gasteiger partial charge < -0.3 is 9.13 Å². The van der Waals surface area contributed by atoms with Gasteiger partial charge in [-0.05, 0) is 98.9 Å². The molecule has 59 heavy (non-hydrogen) atoms. The maximum atomic E-state index is 15.3. The lowest BCUT2D eigenvalue weighted by atomic mass is 9.92. The normalized spacial score (nSPS) is 14.2. The Labute approximate surface area is 348 Å². The molecule has 0 amide bonds. The lowest BCUT2D eigenvalue weighted by Crippen LogP contribution is -2.31. The van der Waals surface area contributed by atoms with Crippen LogP contribution in [-0.4, -0.2) is 41.2 Å². The summed E-state index contributed by atoms with van der Waals surface area (Å²) in [6.07, 6.45) is 6.82. The van der Waals surface area contributed by atoms with E-state index < -0.39 is 41.2 Å². The molecule has 11 heteroatoms. The molecule has 0 saturated carbocycles. The quantitative estimate of drug-likeness (QED) is 0.0816.